The Bertz CT molecular complexity index is 1020. The molecule has 34 heavy (non-hydrogen) atoms. The fraction of sp³-hybridized carbons (Fsp3) is 0.562. The lowest BCUT2D eigenvalue weighted by Crippen LogP contribution is -2.03. The van der Waals surface area contributed by atoms with E-state index in [0.29, 0.717) is 0 Å². The predicted octanol–water partition coefficient (Wildman–Crippen LogP) is 9.26. The number of benzene rings is 3. The van der Waals surface area contributed by atoms with Crippen LogP contribution in [0.5, 0.6) is 0 Å². The number of rotatable bonds is 17. The summed E-state index contributed by atoms with van der Waals surface area (Å²) < 4.78 is 5.94. The lowest BCUT2D eigenvalue weighted by Gasteiger charge is -2.20. The molecule has 0 spiro atoms. The number of unbranched alkanes of at least 4 members (excludes halogenated alkanes) is 10. The highest BCUT2D eigenvalue weighted by atomic mass is 32.1. The molecule has 4 rings (SSSR count). The highest BCUT2D eigenvalue weighted by Gasteiger charge is 2.16. The molecule has 0 radical (unpaired) electrons. The van der Waals surface area contributed by atoms with Gasteiger partial charge in [-0.3, -0.25) is 0 Å². The SMILES string of the molecule is SCCCCCCCCCCCCOCCCCc1ccc2c3c1ccc1cccc(c13)CC2. The van der Waals surface area contributed by atoms with Crippen LogP contribution in [0.4, 0.5) is 0 Å². The van der Waals surface area contributed by atoms with Crippen LogP contribution in [0, 0.1) is 0 Å². The third-order valence-corrected chi connectivity index (χ3v) is 7.95. The van der Waals surface area contributed by atoms with Gasteiger partial charge in [0.2, 0.25) is 0 Å². The quantitative estimate of drug-likeness (QED) is 0.116. The monoisotopic (exact) mass is 476 g/mol. The van der Waals surface area contributed by atoms with E-state index in [4.69, 9.17) is 4.74 Å². The molecule has 0 amide bonds. The first kappa shape index (κ1) is 25.6. The Kier molecular flexibility index (Phi) is 10.6. The fourth-order valence-corrected chi connectivity index (χ4v) is 5.91. The van der Waals surface area contributed by atoms with Gasteiger partial charge >= 0.3 is 0 Å². The van der Waals surface area contributed by atoms with Crippen molar-refractivity contribution in [3.05, 3.63) is 59.2 Å². The van der Waals surface area contributed by atoms with Crippen LogP contribution in [0.25, 0.3) is 21.5 Å². The summed E-state index contributed by atoms with van der Waals surface area (Å²) in [4.78, 5) is 0. The van der Waals surface area contributed by atoms with Crippen molar-refractivity contribution in [3.8, 4) is 0 Å². The summed E-state index contributed by atoms with van der Waals surface area (Å²) in [6.45, 7) is 1.85. The standard InChI is InChI=1S/C32H44OS/c34-25-12-8-6-4-2-1-3-5-7-10-23-33-24-11-9-14-26-17-18-29-20-19-27-15-13-16-28-21-22-30(26)32(29)31(27)28/h13,15-18,21-22,34H,1-12,14,19-20,23-25H2. The van der Waals surface area contributed by atoms with Gasteiger partial charge in [-0.25, -0.2) is 0 Å². The third kappa shape index (κ3) is 7.01. The van der Waals surface area contributed by atoms with Crippen molar-refractivity contribution in [1.29, 1.82) is 0 Å². The van der Waals surface area contributed by atoms with E-state index < -0.39 is 0 Å². The van der Waals surface area contributed by atoms with Crippen molar-refractivity contribution in [3.63, 3.8) is 0 Å². The van der Waals surface area contributed by atoms with Crippen LogP contribution in [0.1, 0.15) is 93.7 Å². The van der Waals surface area contributed by atoms with Gasteiger partial charge in [0, 0.05) is 13.2 Å². The van der Waals surface area contributed by atoms with Gasteiger partial charge in [-0.05, 0) is 88.9 Å². The van der Waals surface area contributed by atoms with E-state index in [2.05, 4.69) is 55.1 Å². The van der Waals surface area contributed by atoms with E-state index >= 15 is 0 Å². The second-order valence-corrected chi connectivity index (χ2v) is 10.7. The Morgan fingerprint density at radius 1 is 0.588 bits per heavy atom. The molecule has 0 unspecified atom stereocenters. The second kappa shape index (κ2) is 14.1. The number of hydrogen-bond acceptors (Lipinski definition) is 2. The molecule has 2 heteroatoms. The Morgan fingerprint density at radius 2 is 1.24 bits per heavy atom. The van der Waals surface area contributed by atoms with Crippen LogP contribution in [0.15, 0.2) is 42.5 Å². The van der Waals surface area contributed by atoms with Gasteiger partial charge < -0.3 is 4.74 Å². The molecule has 0 N–H and O–H groups in total. The second-order valence-electron chi connectivity index (χ2n) is 10.2. The summed E-state index contributed by atoms with van der Waals surface area (Å²) in [7, 11) is 0. The normalized spacial score (nSPS) is 12.9. The molecule has 3 aromatic carbocycles. The topological polar surface area (TPSA) is 9.23 Å². The molecular formula is C32H44OS. The minimum Gasteiger partial charge on any atom is -0.381 e. The summed E-state index contributed by atoms with van der Waals surface area (Å²) in [5.74, 6) is 1.05. The fourth-order valence-electron chi connectivity index (χ4n) is 5.69. The van der Waals surface area contributed by atoms with Crippen LogP contribution < -0.4 is 0 Å². The van der Waals surface area contributed by atoms with Crippen molar-refractivity contribution in [2.24, 2.45) is 0 Å². The lowest BCUT2D eigenvalue weighted by molar-refractivity contribution is 0.126. The Balaban J connectivity index is 1.09. The highest BCUT2D eigenvalue weighted by Crippen LogP contribution is 2.37. The molecule has 1 nitrogen and oxygen atoms in total. The molecule has 1 aliphatic carbocycles. The van der Waals surface area contributed by atoms with E-state index in [-0.39, 0.29) is 0 Å². The van der Waals surface area contributed by atoms with Crippen molar-refractivity contribution in [1.82, 2.24) is 0 Å². The molecule has 184 valence electrons. The van der Waals surface area contributed by atoms with Gasteiger partial charge in [0.1, 0.15) is 0 Å². The minimum atomic E-state index is 0.912. The zero-order valence-corrected chi connectivity index (χ0v) is 22.0. The van der Waals surface area contributed by atoms with E-state index in [1.165, 1.54) is 122 Å². The van der Waals surface area contributed by atoms with Crippen LogP contribution in [-0.4, -0.2) is 19.0 Å². The van der Waals surface area contributed by atoms with Crippen LogP contribution in [0.2, 0.25) is 0 Å². The lowest BCUT2D eigenvalue weighted by atomic mass is 9.84. The first-order valence-corrected chi connectivity index (χ1v) is 14.7. The minimum absolute atomic E-state index is 0.912. The third-order valence-electron chi connectivity index (χ3n) is 7.63. The summed E-state index contributed by atoms with van der Waals surface area (Å²) in [6.07, 6.45) is 19.5. The van der Waals surface area contributed by atoms with Crippen molar-refractivity contribution in [2.75, 3.05) is 19.0 Å². The zero-order valence-electron chi connectivity index (χ0n) is 21.1. The number of hydrogen-bond donors (Lipinski definition) is 1. The summed E-state index contributed by atoms with van der Waals surface area (Å²) in [5.41, 5.74) is 4.58. The average Bonchev–Trinajstić information content (AvgIpc) is 2.87. The molecule has 0 aromatic heterocycles. The van der Waals surface area contributed by atoms with Crippen LogP contribution in [-0.2, 0) is 24.0 Å². The molecule has 0 bridgehead atoms. The Hall–Kier alpha value is -1.51. The van der Waals surface area contributed by atoms with E-state index in [1.807, 2.05) is 0 Å². The van der Waals surface area contributed by atoms with Crippen LogP contribution in [0.3, 0.4) is 0 Å². The number of thiol groups is 1. The smallest absolute Gasteiger partial charge is 0.0466 e. The maximum atomic E-state index is 5.94. The Morgan fingerprint density at radius 3 is 1.97 bits per heavy atom. The van der Waals surface area contributed by atoms with E-state index in [0.717, 1.165) is 31.8 Å². The van der Waals surface area contributed by atoms with Crippen molar-refractivity contribution >= 4 is 34.2 Å². The van der Waals surface area contributed by atoms with Crippen molar-refractivity contribution in [2.45, 2.75) is 96.3 Å². The summed E-state index contributed by atoms with van der Waals surface area (Å²) in [6, 6.07) is 16.3. The molecule has 0 saturated heterocycles. The first-order valence-electron chi connectivity index (χ1n) is 14.0. The molecule has 1 aliphatic rings. The molecule has 0 aliphatic heterocycles. The van der Waals surface area contributed by atoms with Gasteiger partial charge in [-0.1, -0.05) is 93.8 Å². The van der Waals surface area contributed by atoms with Crippen LogP contribution >= 0.6 is 12.6 Å². The maximum absolute atomic E-state index is 5.94. The van der Waals surface area contributed by atoms with Gasteiger partial charge in [0.15, 0.2) is 0 Å². The largest absolute Gasteiger partial charge is 0.381 e. The zero-order chi connectivity index (χ0) is 23.4. The molecular weight excluding hydrogens is 432 g/mol. The van der Waals surface area contributed by atoms with E-state index in [9.17, 15) is 0 Å². The van der Waals surface area contributed by atoms with Gasteiger partial charge in [-0.2, -0.15) is 12.6 Å². The Labute approximate surface area is 213 Å². The highest BCUT2D eigenvalue weighted by molar-refractivity contribution is 7.80. The number of ether oxygens (including phenoxy) is 1. The van der Waals surface area contributed by atoms with Crippen molar-refractivity contribution < 1.29 is 4.74 Å². The number of aryl methyl sites for hydroxylation is 3. The molecule has 0 saturated carbocycles. The summed E-state index contributed by atoms with van der Waals surface area (Å²) >= 11 is 4.28. The molecule has 0 atom stereocenters. The predicted molar refractivity (Wildman–Crippen MR) is 153 cm³/mol. The van der Waals surface area contributed by atoms with Gasteiger partial charge in [0.05, 0.1) is 0 Å². The molecule has 3 aromatic rings. The molecule has 0 heterocycles. The average molecular weight is 477 g/mol. The van der Waals surface area contributed by atoms with E-state index in [1.54, 1.807) is 0 Å². The molecule has 0 fully saturated rings. The maximum Gasteiger partial charge on any atom is 0.0466 e. The summed E-state index contributed by atoms with van der Waals surface area (Å²) in [5, 5.41) is 5.92. The van der Waals surface area contributed by atoms with Gasteiger partial charge in [0.25, 0.3) is 0 Å². The first-order chi connectivity index (χ1) is 16.9. The van der Waals surface area contributed by atoms with Gasteiger partial charge in [-0.15, -0.1) is 0 Å².